The van der Waals surface area contributed by atoms with E-state index in [1.165, 1.54) is 11.8 Å². The molecule has 1 heterocycles. The molecule has 0 amide bonds. The van der Waals surface area contributed by atoms with Crippen molar-refractivity contribution >= 4 is 38.6 Å². The number of rotatable bonds is 5. The number of halogens is 1. The monoisotopic (exact) mass is 318 g/mol. The van der Waals surface area contributed by atoms with Crippen LogP contribution in [0.4, 0.5) is 0 Å². The van der Waals surface area contributed by atoms with Gasteiger partial charge in [-0.25, -0.2) is 8.42 Å². The summed E-state index contributed by atoms with van der Waals surface area (Å²) in [4.78, 5) is 4.34. The number of aliphatic imine (C=N–C) groups is 1. The molecule has 0 aromatic heterocycles. The first-order valence-corrected chi connectivity index (χ1v) is 8.97. The van der Waals surface area contributed by atoms with E-state index in [1.54, 1.807) is 12.1 Å². The number of aryl methyl sites for hydroxylation is 1. The van der Waals surface area contributed by atoms with Crippen LogP contribution in [0, 0.1) is 0 Å². The third kappa shape index (κ3) is 4.12. The van der Waals surface area contributed by atoms with Crippen LogP contribution >= 0.6 is 23.4 Å². The van der Waals surface area contributed by atoms with Crippen molar-refractivity contribution in [2.24, 2.45) is 4.99 Å². The largest absolute Gasteiger partial charge is 0.263 e. The second-order valence-corrected chi connectivity index (χ2v) is 7.22. The van der Waals surface area contributed by atoms with Gasteiger partial charge in [-0.05, 0) is 30.5 Å². The number of thioether (sulfide) groups is 1. The minimum absolute atomic E-state index is 0.261. The first-order chi connectivity index (χ1) is 9.12. The summed E-state index contributed by atoms with van der Waals surface area (Å²) in [6, 6.07) is 6.88. The maximum atomic E-state index is 12.1. The van der Waals surface area contributed by atoms with E-state index in [-0.39, 0.29) is 4.90 Å². The van der Waals surface area contributed by atoms with Crippen molar-refractivity contribution in [2.75, 3.05) is 18.2 Å². The topological polar surface area (TPSA) is 58.5 Å². The van der Waals surface area contributed by atoms with Crippen LogP contribution in [0.5, 0.6) is 0 Å². The first kappa shape index (κ1) is 14.7. The lowest BCUT2D eigenvalue weighted by atomic mass is 10.1. The molecule has 0 fully saturated rings. The van der Waals surface area contributed by atoms with Crippen LogP contribution in [0.15, 0.2) is 34.2 Å². The zero-order valence-electron chi connectivity index (χ0n) is 10.3. The third-order valence-corrected chi connectivity index (χ3v) is 5.28. The Morgan fingerprint density at radius 1 is 1.32 bits per heavy atom. The highest BCUT2D eigenvalue weighted by atomic mass is 35.5. The molecule has 0 unspecified atom stereocenters. The molecular weight excluding hydrogens is 304 g/mol. The van der Waals surface area contributed by atoms with Crippen molar-refractivity contribution in [3.05, 3.63) is 29.8 Å². The number of alkyl halides is 1. The molecular formula is C12H15ClN2O2S2. The van der Waals surface area contributed by atoms with E-state index in [0.717, 1.165) is 24.2 Å². The van der Waals surface area contributed by atoms with Gasteiger partial charge in [0, 0.05) is 11.6 Å². The molecule has 1 aliphatic heterocycles. The minimum atomic E-state index is -3.51. The smallest absolute Gasteiger partial charge is 0.261 e. The van der Waals surface area contributed by atoms with E-state index in [2.05, 4.69) is 9.71 Å². The summed E-state index contributed by atoms with van der Waals surface area (Å²) in [5.41, 5.74) is 1.09. The molecule has 0 saturated heterocycles. The highest BCUT2D eigenvalue weighted by Crippen LogP contribution is 2.15. The summed E-state index contributed by atoms with van der Waals surface area (Å²) in [7, 11) is -3.51. The van der Waals surface area contributed by atoms with Gasteiger partial charge >= 0.3 is 0 Å². The summed E-state index contributed by atoms with van der Waals surface area (Å²) < 4.78 is 26.7. The van der Waals surface area contributed by atoms with Crippen molar-refractivity contribution < 1.29 is 8.42 Å². The van der Waals surface area contributed by atoms with Gasteiger partial charge in [0.15, 0.2) is 5.17 Å². The standard InChI is InChI=1S/C12H15ClN2O2S2/c13-7-1-2-10-3-5-11(6-4-10)19(16,17)15-12-14-8-9-18-12/h3-6H,1-2,7-9H2,(H,14,15). The van der Waals surface area contributed by atoms with E-state index in [9.17, 15) is 8.42 Å². The van der Waals surface area contributed by atoms with Crippen LogP contribution in [0.3, 0.4) is 0 Å². The summed E-state index contributed by atoms with van der Waals surface area (Å²) in [5.74, 6) is 1.44. The van der Waals surface area contributed by atoms with Crippen molar-refractivity contribution in [3.63, 3.8) is 0 Å². The third-order valence-electron chi connectivity index (χ3n) is 2.64. The Kier molecular flexibility index (Phi) is 5.13. The molecule has 0 bridgehead atoms. The lowest BCUT2D eigenvalue weighted by Crippen LogP contribution is -2.27. The fourth-order valence-corrected chi connectivity index (χ4v) is 3.84. The molecule has 104 valence electrons. The number of sulfonamides is 1. The predicted molar refractivity (Wildman–Crippen MR) is 80.6 cm³/mol. The minimum Gasteiger partial charge on any atom is -0.261 e. The zero-order chi connectivity index (χ0) is 13.7. The molecule has 4 nitrogen and oxygen atoms in total. The quantitative estimate of drug-likeness (QED) is 0.847. The Bertz CT molecular complexity index is 556. The lowest BCUT2D eigenvalue weighted by molar-refractivity contribution is 0.593. The molecule has 1 aromatic rings. The van der Waals surface area contributed by atoms with E-state index in [1.807, 2.05) is 12.1 Å². The van der Waals surface area contributed by atoms with Crippen molar-refractivity contribution in [1.29, 1.82) is 0 Å². The van der Waals surface area contributed by atoms with E-state index in [4.69, 9.17) is 11.6 Å². The number of hydrogen-bond donors (Lipinski definition) is 1. The maximum Gasteiger partial charge on any atom is 0.263 e. The Morgan fingerprint density at radius 2 is 2.05 bits per heavy atom. The normalized spacial score (nSPS) is 15.3. The average Bonchev–Trinajstić information content (AvgIpc) is 2.89. The molecule has 1 aliphatic rings. The van der Waals surface area contributed by atoms with Crippen LogP contribution in [0.1, 0.15) is 12.0 Å². The van der Waals surface area contributed by atoms with Crippen molar-refractivity contribution in [2.45, 2.75) is 17.7 Å². The van der Waals surface area contributed by atoms with Gasteiger partial charge in [-0.2, -0.15) is 0 Å². The molecule has 0 radical (unpaired) electrons. The second-order valence-electron chi connectivity index (χ2n) is 4.08. The summed E-state index contributed by atoms with van der Waals surface area (Å²) in [5, 5.41) is 0.478. The molecule has 0 aliphatic carbocycles. The molecule has 19 heavy (non-hydrogen) atoms. The highest BCUT2D eigenvalue weighted by Gasteiger charge is 2.18. The number of nitrogens with zero attached hydrogens (tertiary/aromatic N) is 1. The van der Waals surface area contributed by atoms with Gasteiger partial charge in [0.2, 0.25) is 0 Å². The fourth-order valence-electron chi connectivity index (χ4n) is 1.68. The van der Waals surface area contributed by atoms with Crippen molar-refractivity contribution in [3.8, 4) is 0 Å². The van der Waals surface area contributed by atoms with Gasteiger partial charge in [-0.1, -0.05) is 23.9 Å². The maximum absolute atomic E-state index is 12.1. The van der Waals surface area contributed by atoms with Crippen LogP contribution in [-0.2, 0) is 16.4 Å². The number of benzene rings is 1. The molecule has 7 heteroatoms. The Hall–Kier alpha value is -0.720. The van der Waals surface area contributed by atoms with Crippen LogP contribution in [0.2, 0.25) is 0 Å². The van der Waals surface area contributed by atoms with E-state index < -0.39 is 10.0 Å². The van der Waals surface area contributed by atoms with Gasteiger partial charge in [0.1, 0.15) is 0 Å². The molecule has 0 atom stereocenters. The lowest BCUT2D eigenvalue weighted by Gasteiger charge is -2.07. The summed E-state index contributed by atoms with van der Waals surface area (Å²) >= 11 is 7.05. The molecule has 2 rings (SSSR count). The second kappa shape index (κ2) is 6.63. The van der Waals surface area contributed by atoms with Gasteiger partial charge in [0.05, 0.1) is 11.4 Å². The Morgan fingerprint density at radius 3 is 2.63 bits per heavy atom. The molecule has 1 N–H and O–H groups in total. The highest BCUT2D eigenvalue weighted by molar-refractivity contribution is 8.15. The Labute approximate surface area is 122 Å². The molecule has 0 spiro atoms. The van der Waals surface area contributed by atoms with Crippen LogP contribution in [-0.4, -0.2) is 31.8 Å². The van der Waals surface area contributed by atoms with Gasteiger partial charge in [-0.3, -0.25) is 9.71 Å². The average molecular weight is 319 g/mol. The number of hydrogen-bond acceptors (Lipinski definition) is 4. The fraction of sp³-hybridized carbons (Fsp3) is 0.417. The zero-order valence-corrected chi connectivity index (χ0v) is 12.7. The predicted octanol–water partition coefficient (Wildman–Crippen LogP) is 2.24. The molecule has 1 aromatic carbocycles. The van der Waals surface area contributed by atoms with Gasteiger partial charge in [0.25, 0.3) is 10.0 Å². The van der Waals surface area contributed by atoms with Crippen molar-refractivity contribution in [1.82, 2.24) is 4.72 Å². The summed E-state index contributed by atoms with van der Waals surface area (Å²) in [6.07, 6.45) is 1.75. The van der Waals surface area contributed by atoms with E-state index in [0.29, 0.717) is 17.6 Å². The number of amidine groups is 1. The summed E-state index contributed by atoms with van der Waals surface area (Å²) in [6.45, 7) is 0.667. The van der Waals surface area contributed by atoms with E-state index >= 15 is 0 Å². The van der Waals surface area contributed by atoms with Gasteiger partial charge in [-0.15, -0.1) is 11.6 Å². The van der Waals surface area contributed by atoms with Gasteiger partial charge < -0.3 is 0 Å². The number of nitrogens with one attached hydrogen (secondary N) is 1. The SMILES string of the molecule is O=S(=O)(NC1=NCCS1)c1ccc(CCCCl)cc1. The Balaban J connectivity index is 2.07. The molecule has 0 saturated carbocycles. The first-order valence-electron chi connectivity index (χ1n) is 5.97. The van der Waals surface area contributed by atoms with Crippen LogP contribution in [0.25, 0.3) is 0 Å². The van der Waals surface area contributed by atoms with Crippen LogP contribution < -0.4 is 4.72 Å².